The summed E-state index contributed by atoms with van der Waals surface area (Å²) in [6.07, 6.45) is 0. The Morgan fingerprint density at radius 3 is 1.57 bits per heavy atom. The van der Waals surface area contributed by atoms with Crippen LogP contribution in [0, 0.1) is 0 Å². The van der Waals surface area contributed by atoms with Crippen LogP contribution in [0.1, 0.15) is 13.8 Å². The van der Waals surface area contributed by atoms with Crippen LogP contribution in [0.25, 0.3) is 0 Å². The van der Waals surface area contributed by atoms with Crippen molar-refractivity contribution in [1.29, 1.82) is 0 Å². The van der Waals surface area contributed by atoms with E-state index in [9.17, 15) is 0 Å². The maximum absolute atomic E-state index is 2.64. The minimum Gasteiger partial charge on any atom is -0.288 e. The van der Waals surface area contributed by atoms with Gasteiger partial charge in [-0.3, -0.25) is 9.37 Å². The average molecular weight is 125 g/mol. The molecule has 0 N–H and O–H groups in total. The Bertz CT molecular complexity index is 30.9. The van der Waals surface area contributed by atoms with Crippen LogP contribution >= 0.6 is 9.39 Å². The van der Waals surface area contributed by atoms with E-state index in [1.807, 2.05) is 0 Å². The van der Waals surface area contributed by atoms with Crippen LogP contribution in [-0.4, -0.2) is 17.8 Å². The summed E-state index contributed by atoms with van der Waals surface area (Å²) in [5.74, 6) is 0. The molecule has 46 valence electrons. The number of hydrogen-bond donors (Lipinski definition) is 0. The number of halogens is 1. The van der Waals surface area contributed by atoms with Crippen molar-refractivity contribution < 1.29 is 4.70 Å². The van der Waals surface area contributed by atoms with Gasteiger partial charge in [-0.2, -0.15) is 0 Å². The second kappa shape index (κ2) is 6.32. The van der Waals surface area contributed by atoms with E-state index >= 15 is 0 Å². The lowest BCUT2D eigenvalue weighted by Crippen LogP contribution is -2.07. The predicted octanol–water partition coefficient (Wildman–Crippen LogP) is 1.27. The van der Waals surface area contributed by atoms with E-state index in [-0.39, 0.29) is 4.70 Å². The van der Waals surface area contributed by atoms with Gasteiger partial charge in [0, 0.05) is 0 Å². The second-order valence-corrected chi connectivity index (χ2v) is 1.95. The summed E-state index contributed by atoms with van der Waals surface area (Å²) >= 11 is 0. The van der Waals surface area contributed by atoms with Crippen molar-refractivity contribution in [3.05, 3.63) is 0 Å². The van der Waals surface area contributed by atoms with Gasteiger partial charge in [-0.1, -0.05) is 23.2 Å². The molecule has 0 aromatic heterocycles. The molecule has 0 aromatic rings. The standard InChI is InChI=1S/C4H12NP.FH/c1-3-5(6)4-2;/h3-4,6H2,1-2H3;1H. The average Bonchev–Trinajstić information content (AvgIpc) is 1.65. The molecule has 0 bridgehead atoms. The molecule has 7 heavy (non-hydrogen) atoms. The third-order valence-corrected chi connectivity index (χ3v) is 1.54. The lowest BCUT2D eigenvalue weighted by Gasteiger charge is -2.06. The van der Waals surface area contributed by atoms with Crippen LogP contribution in [0.3, 0.4) is 0 Å². The smallest absolute Gasteiger partial charge is 0.00124 e. The summed E-state index contributed by atoms with van der Waals surface area (Å²) in [4.78, 5) is 0. The molecule has 1 atom stereocenters. The van der Waals surface area contributed by atoms with Gasteiger partial charge in [0.25, 0.3) is 0 Å². The molecule has 0 saturated carbocycles. The number of rotatable bonds is 2. The zero-order valence-corrected chi connectivity index (χ0v) is 6.00. The van der Waals surface area contributed by atoms with Crippen LogP contribution in [-0.2, 0) is 0 Å². The van der Waals surface area contributed by atoms with Gasteiger partial charge in [-0.15, -0.1) is 0 Å². The highest BCUT2D eigenvalue weighted by Gasteiger charge is 1.81. The van der Waals surface area contributed by atoms with Gasteiger partial charge < -0.3 is 0 Å². The molecular formula is C4H13FNP. The summed E-state index contributed by atoms with van der Waals surface area (Å²) in [7, 11) is 2.64. The molecule has 0 aliphatic carbocycles. The molecular weight excluding hydrogens is 112 g/mol. The van der Waals surface area contributed by atoms with Crippen LogP contribution < -0.4 is 0 Å². The van der Waals surface area contributed by atoms with Crippen LogP contribution in [0.15, 0.2) is 0 Å². The van der Waals surface area contributed by atoms with E-state index < -0.39 is 0 Å². The third-order valence-electron chi connectivity index (χ3n) is 0.812. The summed E-state index contributed by atoms with van der Waals surface area (Å²) < 4.78 is 2.17. The molecule has 1 nitrogen and oxygen atoms in total. The summed E-state index contributed by atoms with van der Waals surface area (Å²) in [6, 6.07) is 0. The van der Waals surface area contributed by atoms with Gasteiger partial charge in [0.05, 0.1) is 0 Å². The maximum atomic E-state index is 2.64. The largest absolute Gasteiger partial charge is 0.288 e. The van der Waals surface area contributed by atoms with Crippen molar-refractivity contribution in [2.24, 2.45) is 0 Å². The molecule has 0 amide bonds. The first-order valence-corrected chi connectivity index (χ1v) is 2.82. The molecule has 3 heteroatoms. The van der Waals surface area contributed by atoms with Crippen molar-refractivity contribution in [3.63, 3.8) is 0 Å². The van der Waals surface area contributed by atoms with E-state index in [2.05, 4.69) is 27.9 Å². The lowest BCUT2D eigenvalue weighted by molar-refractivity contribution is 0.524. The molecule has 1 unspecified atom stereocenters. The third kappa shape index (κ3) is 6.32. The number of hydrogen-bond acceptors (Lipinski definition) is 1. The molecule has 0 radical (unpaired) electrons. The second-order valence-electron chi connectivity index (χ2n) is 1.22. The minimum absolute atomic E-state index is 0. The maximum Gasteiger partial charge on any atom is -0.00124 e. The lowest BCUT2D eigenvalue weighted by atomic mass is 10.7. The fraction of sp³-hybridized carbons (Fsp3) is 1.00. The highest BCUT2D eigenvalue weighted by molar-refractivity contribution is 7.13. The SMILES string of the molecule is CCN(P)CC.F. The summed E-state index contributed by atoms with van der Waals surface area (Å²) in [5, 5.41) is 0. The highest BCUT2D eigenvalue weighted by Crippen LogP contribution is 1.92. The molecule has 0 saturated heterocycles. The first-order valence-electron chi connectivity index (χ1n) is 2.30. The fourth-order valence-corrected chi connectivity index (χ4v) is 0.224. The molecule has 0 rings (SSSR count). The van der Waals surface area contributed by atoms with Gasteiger partial charge in [-0.25, -0.2) is 0 Å². The van der Waals surface area contributed by atoms with Gasteiger partial charge in [0.15, 0.2) is 0 Å². The topological polar surface area (TPSA) is 3.24 Å². The van der Waals surface area contributed by atoms with Crippen molar-refractivity contribution in [2.75, 3.05) is 13.1 Å². The Morgan fingerprint density at radius 2 is 1.57 bits per heavy atom. The van der Waals surface area contributed by atoms with Crippen molar-refractivity contribution >= 4 is 9.39 Å². The van der Waals surface area contributed by atoms with E-state index in [4.69, 9.17) is 0 Å². The van der Waals surface area contributed by atoms with Gasteiger partial charge in [-0.05, 0) is 13.1 Å². The van der Waals surface area contributed by atoms with E-state index in [1.54, 1.807) is 0 Å². The highest BCUT2D eigenvalue weighted by atomic mass is 31.0. The van der Waals surface area contributed by atoms with Crippen molar-refractivity contribution in [2.45, 2.75) is 13.8 Å². The molecule has 0 spiro atoms. The van der Waals surface area contributed by atoms with Crippen molar-refractivity contribution in [3.8, 4) is 0 Å². The molecule has 0 heterocycles. The van der Waals surface area contributed by atoms with E-state index in [0.717, 1.165) is 13.1 Å². The van der Waals surface area contributed by atoms with Gasteiger partial charge in [0.2, 0.25) is 0 Å². The van der Waals surface area contributed by atoms with Crippen LogP contribution in [0.4, 0.5) is 4.70 Å². The molecule has 0 aliphatic heterocycles. The summed E-state index contributed by atoms with van der Waals surface area (Å²) in [5.41, 5.74) is 0. The first-order chi connectivity index (χ1) is 2.81. The molecule has 0 fully saturated rings. The minimum atomic E-state index is 0. The van der Waals surface area contributed by atoms with Crippen molar-refractivity contribution in [1.82, 2.24) is 4.67 Å². The Labute approximate surface area is 46.7 Å². The fourth-order valence-electron chi connectivity index (χ4n) is 0.224. The Hall–Kier alpha value is 0.320. The normalized spacial score (nSPS) is 8.57. The zero-order chi connectivity index (χ0) is 4.99. The first kappa shape index (κ1) is 10.3. The van der Waals surface area contributed by atoms with Gasteiger partial charge in [0.1, 0.15) is 0 Å². The number of nitrogens with zero attached hydrogens (tertiary/aromatic N) is 1. The van der Waals surface area contributed by atoms with E-state index in [1.165, 1.54) is 0 Å². The summed E-state index contributed by atoms with van der Waals surface area (Å²) in [6.45, 7) is 6.52. The monoisotopic (exact) mass is 125 g/mol. The zero-order valence-electron chi connectivity index (χ0n) is 4.85. The quantitative estimate of drug-likeness (QED) is 0.502. The van der Waals surface area contributed by atoms with E-state index in [0.29, 0.717) is 0 Å². The molecule has 0 aromatic carbocycles. The van der Waals surface area contributed by atoms with Crippen LogP contribution in [0.2, 0.25) is 0 Å². The molecule has 0 aliphatic rings. The Balaban J connectivity index is 0. The Kier molecular flexibility index (Phi) is 9.33. The van der Waals surface area contributed by atoms with Crippen LogP contribution in [0.5, 0.6) is 0 Å². The predicted molar refractivity (Wildman–Crippen MR) is 35.1 cm³/mol. The Morgan fingerprint density at radius 1 is 1.29 bits per heavy atom. The van der Waals surface area contributed by atoms with Gasteiger partial charge >= 0.3 is 0 Å².